The number of carboxylic acid groups (broad SMARTS) is 1. The summed E-state index contributed by atoms with van der Waals surface area (Å²) >= 11 is 0. The van der Waals surface area contributed by atoms with E-state index in [4.69, 9.17) is 0 Å². The van der Waals surface area contributed by atoms with Gasteiger partial charge < -0.3 is 15.0 Å². The second-order valence-corrected chi connectivity index (χ2v) is 4.85. The number of hydrogen-bond acceptors (Lipinski definition) is 2. The first-order valence-electron chi connectivity index (χ1n) is 6.54. The van der Waals surface area contributed by atoms with Crippen LogP contribution in [0.5, 0.6) is 0 Å². The fraction of sp³-hybridized carbons (Fsp3) is 0.333. The standard InChI is InChI=1S/C15H18N2O3/c1-4-12(15(19)20)17(3)14(18)13-9(2)16-11-8-6-5-7-10(11)13/h5-8,12,16H,4H2,1-3H3,(H,19,20). The van der Waals surface area contributed by atoms with Crippen molar-refractivity contribution in [3.8, 4) is 0 Å². The summed E-state index contributed by atoms with van der Waals surface area (Å²) in [5, 5.41) is 9.99. The van der Waals surface area contributed by atoms with Crippen molar-refractivity contribution in [3.63, 3.8) is 0 Å². The summed E-state index contributed by atoms with van der Waals surface area (Å²) in [6.07, 6.45) is 0.374. The van der Waals surface area contributed by atoms with Crippen molar-refractivity contribution in [2.24, 2.45) is 0 Å². The number of benzene rings is 1. The van der Waals surface area contributed by atoms with Crippen molar-refractivity contribution < 1.29 is 14.7 Å². The lowest BCUT2D eigenvalue weighted by Gasteiger charge is -2.23. The van der Waals surface area contributed by atoms with Gasteiger partial charge in [0, 0.05) is 23.6 Å². The lowest BCUT2D eigenvalue weighted by Crippen LogP contribution is -2.42. The van der Waals surface area contributed by atoms with Crippen LogP contribution in [0, 0.1) is 6.92 Å². The SMILES string of the molecule is CCC(C(=O)O)N(C)C(=O)c1c(C)[nH]c2ccccc12. The molecule has 0 saturated carbocycles. The third-order valence-corrected chi connectivity index (χ3v) is 3.57. The molecule has 1 atom stereocenters. The van der Waals surface area contributed by atoms with Crippen LogP contribution in [-0.4, -0.2) is 40.0 Å². The molecule has 106 valence electrons. The van der Waals surface area contributed by atoms with Gasteiger partial charge in [-0.1, -0.05) is 25.1 Å². The van der Waals surface area contributed by atoms with E-state index in [0.29, 0.717) is 12.0 Å². The molecule has 20 heavy (non-hydrogen) atoms. The Morgan fingerprint density at radius 3 is 2.60 bits per heavy atom. The van der Waals surface area contributed by atoms with Crippen LogP contribution >= 0.6 is 0 Å². The summed E-state index contributed by atoms with van der Waals surface area (Å²) in [4.78, 5) is 28.2. The van der Waals surface area contributed by atoms with Crippen LogP contribution in [0.15, 0.2) is 24.3 Å². The van der Waals surface area contributed by atoms with Crippen LogP contribution in [0.2, 0.25) is 0 Å². The topological polar surface area (TPSA) is 73.4 Å². The minimum atomic E-state index is -0.985. The van der Waals surface area contributed by atoms with Gasteiger partial charge >= 0.3 is 5.97 Å². The Morgan fingerprint density at radius 2 is 2.00 bits per heavy atom. The van der Waals surface area contributed by atoms with Crippen LogP contribution in [0.4, 0.5) is 0 Å². The van der Waals surface area contributed by atoms with Crippen LogP contribution in [0.1, 0.15) is 29.4 Å². The molecule has 0 fully saturated rings. The second kappa shape index (κ2) is 5.36. The Morgan fingerprint density at radius 1 is 1.35 bits per heavy atom. The predicted octanol–water partition coefficient (Wildman–Crippen LogP) is 2.41. The molecule has 1 heterocycles. The summed E-state index contributed by atoms with van der Waals surface area (Å²) in [6.45, 7) is 3.58. The molecule has 2 rings (SSSR count). The number of likely N-dealkylation sites (N-methyl/N-ethyl adjacent to an activating group) is 1. The molecule has 0 aliphatic heterocycles. The monoisotopic (exact) mass is 274 g/mol. The minimum absolute atomic E-state index is 0.269. The van der Waals surface area contributed by atoms with Gasteiger partial charge in [-0.2, -0.15) is 0 Å². The van der Waals surface area contributed by atoms with Gasteiger partial charge in [0.2, 0.25) is 0 Å². The highest BCUT2D eigenvalue weighted by atomic mass is 16.4. The number of carbonyl (C=O) groups excluding carboxylic acids is 1. The van der Waals surface area contributed by atoms with E-state index < -0.39 is 12.0 Å². The van der Waals surface area contributed by atoms with E-state index >= 15 is 0 Å². The van der Waals surface area contributed by atoms with E-state index in [1.807, 2.05) is 31.2 Å². The maximum Gasteiger partial charge on any atom is 0.326 e. The molecule has 2 N–H and O–H groups in total. The molecule has 1 aromatic carbocycles. The molecule has 0 spiro atoms. The number of aryl methyl sites for hydroxylation is 1. The zero-order valence-corrected chi connectivity index (χ0v) is 11.8. The molecule has 1 unspecified atom stereocenters. The predicted molar refractivity (Wildman–Crippen MR) is 76.8 cm³/mol. The number of para-hydroxylation sites is 1. The number of aromatic amines is 1. The zero-order valence-electron chi connectivity index (χ0n) is 11.8. The number of amides is 1. The Hall–Kier alpha value is -2.30. The Balaban J connectivity index is 2.46. The molecule has 0 radical (unpaired) electrons. The third kappa shape index (κ3) is 2.27. The molecule has 0 saturated heterocycles. The fourth-order valence-electron chi connectivity index (χ4n) is 2.48. The maximum absolute atomic E-state index is 12.6. The van der Waals surface area contributed by atoms with Crippen molar-refractivity contribution in [2.75, 3.05) is 7.05 Å². The summed E-state index contributed by atoms with van der Waals surface area (Å²) in [5.74, 6) is -1.25. The van der Waals surface area contributed by atoms with E-state index in [1.54, 1.807) is 6.92 Å². The highest BCUT2D eigenvalue weighted by molar-refractivity contribution is 6.08. The van der Waals surface area contributed by atoms with Crippen LogP contribution < -0.4 is 0 Å². The van der Waals surface area contributed by atoms with Crippen LogP contribution in [-0.2, 0) is 4.79 Å². The highest BCUT2D eigenvalue weighted by Crippen LogP contribution is 2.23. The number of carbonyl (C=O) groups is 2. The summed E-state index contributed by atoms with van der Waals surface area (Å²) < 4.78 is 0. The molecule has 2 aromatic rings. The number of carboxylic acids is 1. The van der Waals surface area contributed by atoms with Crippen molar-refractivity contribution in [2.45, 2.75) is 26.3 Å². The first-order chi connectivity index (χ1) is 9.47. The highest BCUT2D eigenvalue weighted by Gasteiger charge is 2.28. The van der Waals surface area contributed by atoms with Crippen molar-refractivity contribution in [1.29, 1.82) is 0 Å². The second-order valence-electron chi connectivity index (χ2n) is 4.85. The van der Waals surface area contributed by atoms with E-state index in [0.717, 1.165) is 16.6 Å². The van der Waals surface area contributed by atoms with Gasteiger partial charge in [-0.05, 0) is 19.4 Å². The van der Waals surface area contributed by atoms with Crippen molar-refractivity contribution >= 4 is 22.8 Å². The number of rotatable bonds is 4. The number of aliphatic carboxylic acids is 1. The molecule has 1 amide bonds. The number of nitrogens with zero attached hydrogens (tertiary/aromatic N) is 1. The number of H-pyrrole nitrogens is 1. The van der Waals surface area contributed by atoms with Crippen molar-refractivity contribution in [3.05, 3.63) is 35.5 Å². The molecule has 0 bridgehead atoms. The van der Waals surface area contributed by atoms with Crippen molar-refractivity contribution in [1.82, 2.24) is 9.88 Å². The molecule has 5 heteroatoms. The quantitative estimate of drug-likeness (QED) is 0.899. The molecule has 5 nitrogen and oxygen atoms in total. The van der Waals surface area contributed by atoms with E-state index in [9.17, 15) is 14.7 Å². The Bertz CT molecular complexity index is 660. The minimum Gasteiger partial charge on any atom is -0.480 e. The summed E-state index contributed by atoms with van der Waals surface area (Å²) in [5.41, 5.74) is 2.18. The molecular weight excluding hydrogens is 256 g/mol. The lowest BCUT2D eigenvalue weighted by atomic mass is 10.1. The average molecular weight is 274 g/mol. The molecule has 1 aromatic heterocycles. The van der Waals surface area contributed by atoms with Crippen LogP contribution in [0.3, 0.4) is 0 Å². The smallest absolute Gasteiger partial charge is 0.326 e. The van der Waals surface area contributed by atoms with Gasteiger partial charge in [0.1, 0.15) is 6.04 Å². The zero-order chi connectivity index (χ0) is 14.9. The summed E-state index contributed by atoms with van der Waals surface area (Å²) in [6, 6.07) is 6.70. The molecule has 0 aliphatic rings. The van der Waals surface area contributed by atoms with Crippen LogP contribution in [0.25, 0.3) is 10.9 Å². The van der Waals surface area contributed by atoms with Gasteiger partial charge in [-0.25, -0.2) is 4.79 Å². The number of fused-ring (bicyclic) bond motifs is 1. The Kier molecular flexibility index (Phi) is 3.79. The first-order valence-corrected chi connectivity index (χ1v) is 6.54. The van der Waals surface area contributed by atoms with Gasteiger partial charge in [0.15, 0.2) is 0 Å². The normalized spacial score (nSPS) is 12.3. The molecule has 0 aliphatic carbocycles. The number of hydrogen-bond donors (Lipinski definition) is 2. The van der Waals surface area contributed by atoms with E-state index in [1.165, 1.54) is 11.9 Å². The van der Waals surface area contributed by atoms with Gasteiger partial charge in [-0.15, -0.1) is 0 Å². The molecular formula is C15H18N2O3. The third-order valence-electron chi connectivity index (χ3n) is 3.57. The number of aromatic nitrogens is 1. The first kappa shape index (κ1) is 14.1. The largest absolute Gasteiger partial charge is 0.480 e. The van der Waals surface area contributed by atoms with Gasteiger partial charge in [0.05, 0.1) is 5.56 Å². The maximum atomic E-state index is 12.6. The van der Waals surface area contributed by atoms with E-state index in [2.05, 4.69) is 4.98 Å². The summed E-state index contributed by atoms with van der Waals surface area (Å²) in [7, 11) is 1.53. The van der Waals surface area contributed by atoms with Gasteiger partial charge in [-0.3, -0.25) is 4.79 Å². The fourth-order valence-corrected chi connectivity index (χ4v) is 2.48. The van der Waals surface area contributed by atoms with E-state index in [-0.39, 0.29) is 5.91 Å². The van der Waals surface area contributed by atoms with Gasteiger partial charge in [0.25, 0.3) is 5.91 Å². The average Bonchev–Trinajstić information content (AvgIpc) is 2.74. The Labute approximate surface area is 117 Å². The lowest BCUT2D eigenvalue weighted by molar-refractivity contribution is -0.142. The number of nitrogens with one attached hydrogen (secondary N) is 1.